The molecule has 106 valence electrons. The molecule has 0 aliphatic rings. The van der Waals surface area contributed by atoms with E-state index in [1.807, 2.05) is 43.3 Å². The highest BCUT2D eigenvalue weighted by Crippen LogP contribution is 2.14. The molecule has 0 aliphatic heterocycles. The van der Waals surface area contributed by atoms with Crippen LogP contribution in [0.4, 0.5) is 11.5 Å². The van der Waals surface area contributed by atoms with E-state index < -0.39 is 0 Å². The Hall–Kier alpha value is -2.43. The molecule has 5 heteroatoms. The van der Waals surface area contributed by atoms with Gasteiger partial charge in [-0.2, -0.15) is 4.98 Å². The maximum atomic E-state index is 5.68. The minimum atomic E-state index is 0.532. The molecule has 0 amide bonds. The number of nitrogens with zero attached hydrogens (tertiary/aromatic N) is 1. The van der Waals surface area contributed by atoms with Crippen LogP contribution in [0.25, 0.3) is 0 Å². The van der Waals surface area contributed by atoms with Crippen molar-refractivity contribution in [1.29, 1.82) is 0 Å². The predicted octanol–water partition coefficient (Wildman–Crippen LogP) is 2.55. The number of rotatable bonds is 7. The van der Waals surface area contributed by atoms with Crippen molar-refractivity contribution < 1.29 is 9.47 Å². The number of ether oxygens (including phenoxy) is 2. The Morgan fingerprint density at radius 1 is 1.15 bits per heavy atom. The number of hydrogen-bond acceptors (Lipinski definition) is 5. The van der Waals surface area contributed by atoms with Crippen LogP contribution in [0.3, 0.4) is 0 Å². The summed E-state index contributed by atoms with van der Waals surface area (Å²) in [5, 5.41) is 3.18. The average Bonchev–Trinajstić information content (AvgIpc) is 2.45. The van der Waals surface area contributed by atoms with Crippen LogP contribution in [0.1, 0.15) is 6.92 Å². The first-order valence-corrected chi connectivity index (χ1v) is 6.60. The smallest absolute Gasteiger partial charge is 0.215 e. The van der Waals surface area contributed by atoms with E-state index in [9.17, 15) is 0 Å². The molecule has 1 heterocycles. The Morgan fingerprint density at radius 2 is 2.00 bits per heavy atom. The Morgan fingerprint density at radius 3 is 2.80 bits per heavy atom. The van der Waals surface area contributed by atoms with E-state index in [0.717, 1.165) is 11.6 Å². The minimum absolute atomic E-state index is 0.532. The minimum Gasteiger partial charge on any atom is -0.492 e. The Labute approximate surface area is 118 Å². The van der Waals surface area contributed by atoms with Crippen molar-refractivity contribution in [3.8, 4) is 11.6 Å². The highest BCUT2D eigenvalue weighted by Gasteiger charge is 1.98. The van der Waals surface area contributed by atoms with Crippen molar-refractivity contribution >= 4 is 11.5 Å². The molecule has 0 radical (unpaired) electrons. The lowest BCUT2D eigenvalue weighted by Crippen LogP contribution is -2.12. The van der Waals surface area contributed by atoms with Crippen LogP contribution < -0.4 is 20.5 Å². The van der Waals surface area contributed by atoms with E-state index in [4.69, 9.17) is 15.2 Å². The van der Waals surface area contributed by atoms with E-state index in [1.54, 1.807) is 6.07 Å². The number of nitrogens with one attached hydrogen (secondary N) is 1. The third-order valence-corrected chi connectivity index (χ3v) is 2.55. The van der Waals surface area contributed by atoms with Crippen LogP contribution in [0.15, 0.2) is 42.5 Å². The average molecular weight is 273 g/mol. The summed E-state index contributed by atoms with van der Waals surface area (Å²) in [6.07, 6.45) is 0. The summed E-state index contributed by atoms with van der Waals surface area (Å²) in [6.45, 7) is 3.72. The molecule has 0 fully saturated rings. The second kappa shape index (κ2) is 7.23. The molecular formula is C15H19N3O2. The molecule has 0 aliphatic carbocycles. The lowest BCUT2D eigenvalue weighted by molar-refractivity contribution is 0.326. The number of nitrogens with two attached hydrogens (primary N) is 1. The number of aromatic nitrogens is 1. The van der Waals surface area contributed by atoms with Gasteiger partial charge < -0.3 is 20.5 Å². The molecular weight excluding hydrogens is 254 g/mol. The second-order valence-electron chi connectivity index (χ2n) is 4.14. The molecule has 3 N–H and O–H groups in total. The van der Waals surface area contributed by atoms with E-state index in [1.165, 1.54) is 0 Å². The van der Waals surface area contributed by atoms with Gasteiger partial charge in [-0.25, -0.2) is 0 Å². The van der Waals surface area contributed by atoms with Gasteiger partial charge in [0.1, 0.15) is 18.2 Å². The quantitative estimate of drug-likeness (QED) is 0.599. The van der Waals surface area contributed by atoms with Gasteiger partial charge in [0.05, 0.1) is 13.2 Å². The Bertz CT molecular complexity index is 546. The van der Waals surface area contributed by atoms with Gasteiger partial charge in [0.15, 0.2) is 0 Å². The summed E-state index contributed by atoms with van der Waals surface area (Å²) >= 11 is 0. The standard InChI is InChI=1S/C15H19N3O2/c1-2-19-15-8-4-7-14(18-15)17-9-10-20-13-6-3-5-12(16)11-13/h3-8,11H,2,9-10,16H2,1H3,(H,17,18). The van der Waals surface area contributed by atoms with Crippen molar-refractivity contribution in [2.75, 3.05) is 30.8 Å². The molecule has 0 saturated heterocycles. The van der Waals surface area contributed by atoms with Crippen LogP contribution in [0, 0.1) is 0 Å². The molecule has 2 aromatic rings. The zero-order valence-corrected chi connectivity index (χ0v) is 11.5. The number of anilines is 2. The van der Waals surface area contributed by atoms with E-state index in [-0.39, 0.29) is 0 Å². The van der Waals surface area contributed by atoms with Crippen LogP contribution in [0.2, 0.25) is 0 Å². The van der Waals surface area contributed by atoms with Gasteiger partial charge in [-0.05, 0) is 25.1 Å². The summed E-state index contributed by atoms with van der Waals surface area (Å²) in [5.74, 6) is 2.16. The predicted molar refractivity (Wildman–Crippen MR) is 80.2 cm³/mol. The molecule has 0 bridgehead atoms. The van der Waals surface area contributed by atoms with Gasteiger partial charge in [0, 0.05) is 17.8 Å². The van der Waals surface area contributed by atoms with Crippen molar-refractivity contribution in [3.63, 3.8) is 0 Å². The van der Waals surface area contributed by atoms with Crippen molar-refractivity contribution in [2.24, 2.45) is 0 Å². The Kier molecular flexibility index (Phi) is 5.06. The molecule has 0 saturated carbocycles. The van der Waals surface area contributed by atoms with E-state index >= 15 is 0 Å². The van der Waals surface area contributed by atoms with Gasteiger partial charge in [-0.3, -0.25) is 0 Å². The zero-order valence-electron chi connectivity index (χ0n) is 11.5. The van der Waals surface area contributed by atoms with Crippen molar-refractivity contribution in [2.45, 2.75) is 6.92 Å². The molecule has 5 nitrogen and oxygen atoms in total. The van der Waals surface area contributed by atoms with Crippen LogP contribution in [-0.2, 0) is 0 Å². The summed E-state index contributed by atoms with van der Waals surface area (Å²) in [6, 6.07) is 13.0. The number of benzene rings is 1. The molecule has 0 spiro atoms. The monoisotopic (exact) mass is 273 g/mol. The summed E-state index contributed by atoms with van der Waals surface area (Å²) in [4.78, 5) is 4.31. The maximum Gasteiger partial charge on any atom is 0.215 e. The highest BCUT2D eigenvalue weighted by molar-refractivity contribution is 5.43. The molecule has 0 atom stereocenters. The number of nitrogen functional groups attached to an aromatic ring is 1. The summed E-state index contributed by atoms with van der Waals surface area (Å²) in [5.41, 5.74) is 6.38. The first-order valence-electron chi connectivity index (χ1n) is 6.60. The largest absolute Gasteiger partial charge is 0.492 e. The topological polar surface area (TPSA) is 69.4 Å². The summed E-state index contributed by atoms with van der Waals surface area (Å²) < 4.78 is 10.9. The highest BCUT2D eigenvalue weighted by atomic mass is 16.5. The van der Waals surface area contributed by atoms with Crippen LogP contribution in [-0.4, -0.2) is 24.7 Å². The third kappa shape index (κ3) is 4.35. The van der Waals surface area contributed by atoms with Gasteiger partial charge in [-0.1, -0.05) is 12.1 Å². The molecule has 2 rings (SSSR count). The summed E-state index contributed by atoms with van der Waals surface area (Å²) in [7, 11) is 0. The van der Waals surface area contributed by atoms with Crippen molar-refractivity contribution in [1.82, 2.24) is 4.98 Å². The van der Waals surface area contributed by atoms with Crippen LogP contribution in [0.5, 0.6) is 11.6 Å². The van der Waals surface area contributed by atoms with Crippen LogP contribution >= 0.6 is 0 Å². The maximum absolute atomic E-state index is 5.68. The van der Waals surface area contributed by atoms with Gasteiger partial charge in [0.25, 0.3) is 0 Å². The van der Waals surface area contributed by atoms with E-state index in [2.05, 4.69) is 10.3 Å². The SMILES string of the molecule is CCOc1cccc(NCCOc2cccc(N)c2)n1. The molecule has 1 aromatic heterocycles. The van der Waals surface area contributed by atoms with Gasteiger partial charge >= 0.3 is 0 Å². The molecule has 1 aromatic carbocycles. The van der Waals surface area contributed by atoms with Gasteiger partial charge in [0.2, 0.25) is 5.88 Å². The van der Waals surface area contributed by atoms with E-state index in [0.29, 0.717) is 31.3 Å². The normalized spacial score (nSPS) is 10.1. The van der Waals surface area contributed by atoms with Gasteiger partial charge in [-0.15, -0.1) is 0 Å². The lowest BCUT2D eigenvalue weighted by Gasteiger charge is -2.09. The molecule has 0 unspecified atom stereocenters. The number of hydrogen-bond donors (Lipinski definition) is 2. The lowest BCUT2D eigenvalue weighted by atomic mass is 10.3. The fourth-order valence-electron chi connectivity index (χ4n) is 1.69. The first kappa shape index (κ1) is 14.0. The second-order valence-corrected chi connectivity index (χ2v) is 4.14. The molecule has 20 heavy (non-hydrogen) atoms. The zero-order chi connectivity index (χ0) is 14.2. The fraction of sp³-hybridized carbons (Fsp3) is 0.267. The fourth-order valence-corrected chi connectivity index (χ4v) is 1.69. The third-order valence-electron chi connectivity index (χ3n) is 2.55. The van der Waals surface area contributed by atoms with Crippen molar-refractivity contribution in [3.05, 3.63) is 42.5 Å². The first-order chi connectivity index (χ1) is 9.78. The Balaban J connectivity index is 1.77. The number of pyridine rings is 1.